The first-order valence-corrected chi connectivity index (χ1v) is 11.0. The molecule has 0 spiro atoms. The quantitative estimate of drug-likeness (QED) is 0.512. The minimum absolute atomic E-state index is 0.0889. The molecule has 4 nitrogen and oxygen atoms in total. The largest absolute Gasteiger partial charge is 0.331 e. The van der Waals surface area contributed by atoms with Crippen molar-refractivity contribution in [2.45, 2.75) is 52.7 Å². The van der Waals surface area contributed by atoms with E-state index in [9.17, 15) is 4.79 Å². The Balaban J connectivity index is 1.49. The van der Waals surface area contributed by atoms with Gasteiger partial charge in [-0.1, -0.05) is 35.9 Å². The SMILES string of the molecule is Cc1ccc(Cn2nc(C)c(/C=C/C(=O)N(Cc3cccs3)C3CC3)c2C)cc1. The fourth-order valence-corrected chi connectivity index (χ4v) is 4.27. The summed E-state index contributed by atoms with van der Waals surface area (Å²) in [5.74, 6) is 0.0889. The minimum atomic E-state index is 0.0889. The van der Waals surface area contributed by atoms with Crippen LogP contribution in [0.15, 0.2) is 47.9 Å². The fourth-order valence-electron chi connectivity index (χ4n) is 3.57. The third-order valence-electron chi connectivity index (χ3n) is 5.46. The Morgan fingerprint density at radius 1 is 1.21 bits per heavy atom. The summed E-state index contributed by atoms with van der Waals surface area (Å²) in [5.41, 5.74) is 5.56. The van der Waals surface area contributed by atoms with Crippen LogP contribution in [0, 0.1) is 20.8 Å². The Morgan fingerprint density at radius 2 is 1.97 bits per heavy atom. The van der Waals surface area contributed by atoms with Crippen molar-refractivity contribution >= 4 is 23.3 Å². The normalized spacial score (nSPS) is 13.9. The Bertz CT molecular complexity index is 1010. The van der Waals surface area contributed by atoms with Crippen LogP contribution in [0.25, 0.3) is 6.08 Å². The van der Waals surface area contributed by atoms with E-state index in [0.29, 0.717) is 12.6 Å². The maximum Gasteiger partial charge on any atom is 0.247 e. The number of hydrogen-bond donors (Lipinski definition) is 0. The zero-order valence-electron chi connectivity index (χ0n) is 17.3. The molecule has 1 amide bonds. The van der Waals surface area contributed by atoms with Gasteiger partial charge in [-0.05, 0) is 56.7 Å². The summed E-state index contributed by atoms with van der Waals surface area (Å²) in [6.07, 6.45) is 5.88. The van der Waals surface area contributed by atoms with Crippen molar-refractivity contribution in [3.05, 3.63) is 80.8 Å². The topological polar surface area (TPSA) is 38.1 Å². The average Bonchev–Trinajstić information content (AvgIpc) is 3.34. The fraction of sp³-hybridized carbons (Fsp3) is 0.333. The van der Waals surface area contributed by atoms with E-state index >= 15 is 0 Å². The molecule has 5 heteroatoms. The molecule has 0 radical (unpaired) electrons. The Morgan fingerprint density at radius 3 is 2.62 bits per heavy atom. The molecule has 0 saturated heterocycles. The van der Waals surface area contributed by atoms with E-state index in [0.717, 1.165) is 36.3 Å². The average molecular weight is 406 g/mol. The van der Waals surface area contributed by atoms with Crippen molar-refractivity contribution in [3.63, 3.8) is 0 Å². The second-order valence-corrected chi connectivity index (χ2v) is 8.87. The van der Waals surface area contributed by atoms with Crippen LogP contribution >= 0.6 is 11.3 Å². The van der Waals surface area contributed by atoms with Gasteiger partial charge >= 0.3 is 0 Å². The summed E-state index contributed by atoms with van der Waals surface area (Å²) in [4.78, 5) is 16.1. The molecule has 1 saturated carbocycles. The van der Waals surface area contributed by atoms with Crippen molar-refractivity contribution in [1.82, 2.24) is 14.7 Å². The van der Waals surface area contributed by atoms with Gasteiger partial charge in [0.05, 0.1) is 18.8 Å². The lowest BCUT2D eigenvalue weighted by molar-refractivity contribution is -0.127. The number of nitrogens with zero attached hydrogens (tertiary/aromatic N) is 3. The molecule has 1 aliphatic rings. The highest BCUT2D eigenvalue weighted by Gasteiger charge is 2.31. The highest BCUT2D eigenvalue weighted by atomic mass is 32.1. The number of aromatic nitrogens is 2. The minimum Gasteiger partial charge on any atom is -0.331 e. The van der Waals surface area contributed by atoms with E-state index in [1.807, 2.05) is 28.6 Å². The molecule has 0 bridgehead atoms. The van der Waals surface area contributed by atoms with Gasteiger partial charge in [0.25, 0.3) is 0 Å². The zero-order chi connectivity index (χ0) is 20.4. The van der Waals surface area contributed by atoms with Crippen molar-refractivity contribution < 1.29 is 4.79 Å². The van der Waals surface area contributed by atoms with Gasteiger partial charge in [0.1, 0.15) is 0 Å². The van der Waals surface area contributed by atoms with Crippen LogP contribution in [0.4, 0.5) is 0 Å². The monoisotopic (exact) mass is 405 g/mol. The molecular weight excluding hydrogens is 378 g/mol. The summed E-state index contributed by atoms with van der Waals surface area (Å²) in [5, 5.41) is 6.77. The maximum atomic E-state index is 12.9. The first-order valence-electron chi connectivity index (χ1n) is 10.1. The molecule has 4 rings (SSSR count). The van der Waals surface area contributed by atoms with Gasteiger partial charge in [-0.3, -0.25) is 9.48 Å². The predicted molar refractivity (Wildman–Crippen MR) is 119 cm³/mol. The molecule has 0 aliphatic heterocycles. The number of benzene rings is 1. The summed E-state index contributed by atoms with van der Waals surface area (Å²) in [6, 6.07) is 13.1. The van der Waals surface area contributed by atoms with Gasteiger partial charge in [-0.25, -0.2) is 0 Å². The number of thiophene rings is 1. The number of amides is 1. The first kappa shape index (κ1) is 19.6. The van der Waals surface area contributed by atoms with E-state index in [2.05, 4.69) is 49.6 Å². The Hall–Kier alpha value is -2.66. The first-order chi connectivity index (χ1) is 14.0. The molecule has 1 fully saturated rings. The summed E-state index contributed by atoms with van der Waals surface area (Å²) in [7, 11) is 0. The van der Waals surface area contributed by atoms with Gasteiger partial charge in [0, 0.05) is 28.3 Å². The van der Waals surface area contributed by atoms with Gasteiger partial charge < -0.3 is 4.90 Å². The van der Waals surface area contributed by atoms with E-state index < -0.39 is 0 Å². The van der Waals surface area contributed by atoms with E-state index in [1.165, 1.54) is 16.0 Å². The summed E-state index contributed by atoms with van der Waals surface area (Å²) >= 11 is 1.71. The van der Waals surface area contributed by atoms with Crippen molar-refractivity contribution in [3.8, 4) is 0 Å². The molecule has 1 aliphatic carbocycles. The van der Waals surface area contributed by atoms with E-state index in [1.54, 1.807) is 17.4 Å². The molecule has 3 aromatic rings. The molecule has 2 aromatic heterocycles. The number of hydrogen-bond acceptors (Lipinski definition) is 3. The standard InChI is InChI=1S/C24H27N3OS/c1-17-6-8-20(9-7-17)15-27-19(3)23(18(2)25-27)12-13-24(28)26(21-10-11-21)16-22-5-4-14-29-22/h4-9,12-14,21H,10-11,15-16H2,1-3H3/b13-12+. The lowest BCUT2D eigenvalue weighted by Gasteiger charge is -2.20. The molecular formula is C24H27N3OS. The number of rotatable bonds is 7. The van der Waals surface area contributed by atoms with Crippen molar-refractivity contribution in [2.75, 3.05) is 0 Å². The lowest BCUT2D eigenvalue weighted by Crippen LogP contribution is -2.30. The van der Waals surface area contributed by atoms with E-state index in [4.69, 9.17) is 5.10 Å². The van der Waals surface area contributed by atoms with Crippen LogP contribution in [0.5, 0.6) is 0 Å². The number of carbonyl (C=O) groups excluding carboxylic acids is 1. The molecule has 1 aromatic carbocycles. The highest BCUT2D eigenvalue weighted by molar-refractivity contribution is 7.09. The molecule has 0 atom stereocenters. The second kappa shape index (κ2) is 8.37. The van der Waals surface area contributed by atoms with Crippen molar-refractivity contribution in [1.29, 1.82) is 0 Å². The molecule has 0 unspecified atom stereocenters. The Labute approximate surface area is 176 Å². The van der Waals surface area contributed by atoms with Gasteiger partial charge in [0.15, 0.2) is 0 Å². The lowest BCUT2D eigenvalue weighted by atomic mass is 10.1. The van der Waals surface area contributed by atoms with Gasteiger partial charge in [-0.15, -0.1) is 11.3 Å². The van der Waals surface area contributed by atoms with Crippen LogP contribution in [0.1, 0.15) is 45.8 Å². The smallest absolute Gasteiger partial charge is 0.247 e. The molecule has 150 valence electrons. The number of aryl methyl sites for hydroxylation is 2. The number of carbonyl (C=O) groups is 1. The van der Waals surface area contributed by atoms with Gasteiger partial charge in [0.2, 0.25) is 5.91 Å². The summed E-state index contributed by atoms with van der Waals surface area (Å²) < 4.78 is 2.02. The zero-order valence-corrected chi connectivity index (χ0v) is 18.1. The highest BCUT2D eigenvalue weighted by Crippen LogP contribution is 2.29. The van der Waals surface area contributed by atoms with Crippen LogP contribution in [0.2, 0.25) is 0 Å². The van der Waals surface area contributed by atoms with Crippen LogP contribution in [0.3, 0.4) is 0 Å². The van der Waals surface area contributed by atoms with E-state index in [-0.39, 0.29) is 5.91 Å². The molecule has 29 heavy (non-hydrogen) atoms. The maximum absolute atomic E-state index is 12.9. The summed E-state index contributed by atoms with van der Waals surface area (Å²) in [6.45, 7) is 7.61. The molecule has 2 heterocycles. The van der Waals surface area contributed by atoms with Gasteiger partial charge in [-0.2, -0.15) is 5.10 Å². The third kappa shape index (κ3) is 4.67. The van der Waals surface area contributed by atoms with Crippen LogP contribution in [-0.2, 0) is 17.9 Å². The Kier molecular flexibility index (Phi) is 5.67. The van der Waals surface area contributed by atoms with Crippen LogP contribution < -0.4 is 0 Å². The van der Waals surface area contributed by atoms with Crippen molar-refractivity contribution in [2.24, 2.45) is 0 Å². The second-order valence-electron chi connectivity index (χ2n) is 7.84. The molecule has 0 N–H and O–H groups in total. The third-order valence-corrected chi connectivity index (χ3v) is 6.32. The van der Waals surface area contributed by atoms with Crippen LogP contribution in [-0.4, -0.2) is 26.6 Å². The predicted octanol–water partition coefficient (Wildman–Crippen LogP) is 5.12.